The largest absolute Gasteiger partial charge is 0.494 e. The van der Waals surface area contributed by atoms with Crippen molar-refractivity contribution in [2.75, 3.05) is 44.1 Å². The zero-order valence-corrected chi connectivity index (χ0v) is 27.3. The number of carbonyl (C=O) groups excluding carboxylic acids is 2. The molecule has 1 fully saturated rings. The number of nitrogens with one attached hydrogen (secondary N) is 1. The molecule has 44 heavy (non-hydrogen) atoms. The van der Waals surface area contributed by atoms with Crippen molar-refractivity contribution in [2.45, 2.75) is 64.8 Å². The second-order valence-electron chi connectivity index (χ2n) is 11.5. The fourth-order valence-corrected chi connectivity index (χ4v) is 6.26. The molecule has 4 rings (SSSR count). The molecule has 1 aliphatic carbocycles. The molecule has 2 atom stereocenters. The van der Waals surface area contributed by atoms with Crippen LogP contribution in [0.15, 0.2) is 59.0 Å². The van der Waals surface area contributed by atoms with E-state index in [4.69, 9.17) is 13.9 Å². The second kappa shape index (κ2) is 16.5. The predicted octanol–water partition coefficient (Wildman–Crippen LogP) is 7.16. The number of hydrogen-bond acceptors (Lipinski definition) is 7. The Balaban J connectivity index is 1.46. The van der Waals surface area contributed by atoms with Crippen molar-refractivity contribution in [3.05, 3.63) is 71.5 Å². The third-order valence-corrected chi connectivity index (χ3v) is 9.02. The molecule has 238 valence electrons. The molecule has 1 saturated carbocycles. The number of furan rings is 1. The van der Waals surface area contributed by atoms with Crippen molar-refractivity contribution < 1.29 is 27.7 Å². The summed E-state index contributed by atoms with van der Waals surface area (Å²) >= 11 is 0. The quantitative estimate of drug-likeness (QED) is 0.142. The number of hydrogen-bond donors (Lipinski definition) is 1. The summed E-state index contributed by atoms with van der Waals surface area (Å²) in [6.45, 7) is 4.98. The van der Waals surface area contributed by atoms with Crippen LogP contribution in [0.1, 0.15) is 79.6 Å². The fourth-order valence-electron chi connectivity index (χ4n) is 5.73. The number of benzene rings is 2. The molecular weight excluding hydrogens is 576 g/mol. The molecule has 0 radical (unpaired) electrons. The minimum atomic E-state index is -0.805. The van der Waals surface area contributed by atoms with Crippen LogP contribution in [0.5, 0.6) is 5.75 Å². The van der Waals surface area contributed by atoms with Crippen LogP contribution >= 0.6 is 0 Å². The Morgan fingerprint density at radius 2 is 1.77 bits per heavy atom. The van der Waals surface area contributed by atoms with Gasteiger partial charge < -0.3 is 24.1 Å². The Labute approximate surface area is 264 Å². The maximum absolute atomic E-state index is 12.9. The van der Waals surface area contributed by atoms with Gasteiger partial charge in [0.05, 0.1) is 25.7 Å². The first-order valence-corrected chi connectivity index (χ1v) is 17.4. The molecule has 1 N–H and O–H groups in total. The van der Waals surface area contributed by atoms with Crippen LogP contribution in [0.2, 0.25) is 0 Å². The monoisotopic (exact) mass is 622 g/mol. The van der Waals surface area contributed by atoms with Gasteiger partial charge >= 0.3 is 5.97 Å². The molecule has 1 heterocycles. The van der Waals surface area contributed by atoms with Gasteiger partial charge in [0.15, 0.2) is 0 Å². The van der Waals surface area contributed by atoms with Gasteiger partial charge in [-0.2, -0.15) is 0 Å². The highest BCUT2D eigenvalue weighted by Crippen LogP contribution is 2.40. The van der Waals surface area contributed by atoms with Crippen molar-refractivity contribution in [2.24, 2.45) is 5.92 Å². The standard InChI is InChI=1S/C35H46N2O6S/c1-5-41-33(38)20-21-37(3)35(39)28-12-16-29(17-13-28)36-34(27-10-7-6-8-11-27)31-24-32(43-25(31)2)26-14-18-30(19-15-26)42-22-9-23-44(4)40/h12-19,24,27,34,36H,5-11,20-23H2,1-4H3. The summed E-state index contributed by atoms with van der Waals surface area (Å²) in [5.74, 6) is 3.17. The lowest BCUT2D eigenvalue weighted by Crippen LogP contribution is -2.29. The van der Waals surface area contributed by atoms with E-state index in [2.05, 4.69) is 11.4 Å². The zero-order chi connectivity index (χ0) is 31.5. The lowest BCUT2D eigenvalue weighted by molar-refractivity contribution is -0.143. The first-order chi connectivity index (χ1) is 21.2. The summed E-state index contributed by atoms with van der Waals surface area (Å²) in [5, 5.41) is 3.78. The number of nitrogens with zero attached hydrogens (tertiary/aromatic N) is 1. The molecule has 0 aliphatic heterocycles. The summed E-state index contributed by atoms with van der Waals surface area (Å²) in [6.07, 6.45) is 8.64. The fraction of sp³-hybridized carbons (Fsp3) is 0.486. The van der Waals surface area contributed by atoms with Crippen LogP contribution in [0.25, 0.3) is 11.3 Å². The molecular formula is C35H46N2O6S. The van der Waals surface area contributed by atoms with Crippen LogP contribution in [-0.2, 0) is 20.3 Å². The average Bonchev–Trinajstić information content (AvgIpc) is 3.42. The Bertz CT molecular complexity index is 1380. The van der Waals surface area contributed by atoms with E-state index in [9.17, 15) is 13.8 Å². The molecule has 8 nitrogen and oxygen atoms in total. The van der Waals surface area contributed by atoms with E-state index >= 15 is 0 Å². The summed E-state index contributed by atoms with van der Waals surface area (Å²) in [5.41, 5.74) is 3.66. The van der Waals surface area contributed by atoms with Crippen LogP contribution in [0.4, 0.5) is 5.69 Å². The van der Waals surface area contributed by atoms with Crippen molar-refractivity contribution in [3.63, 3.8) is 0 Å². The number of ether oxygens (including phenoxy) is 2. The Kier molecular flexibility index (Phi) is 12.5. The van der Waals surface area contributed by atoms with Crippen LogP contribution in [0.3, 0.4) is 0 Å². The van der Waals surface area contributed by atoms with E-state index in [1.54, 1.807) is 25.1 Å². The maximum atomic E-state index is 12.9. The van der Waals surface area contributed by atoms with Gasteiger partial charge in [-0.15, -0.1) is 0 Å². The summed E-state index contributed by atoms with van der Waals surface area (Å²) in [6, 6.07) is 17.7. The van der Waals surface area contributed by atoms with E-state index in [1.165, 1.54) is 19.3 Å². The van der Waals surface area contributed by atoms with Gasteiger partial charge in [-0.1, -0.05) is 19.3 Å². The number of rotatable bonds is 15. The van der Waals surface area contributed by atoms with Gasteiger partial charge in [-0.3, -0.25) is 13.8 Å². The van der Waals surface area contributed by atoms with E-state index < -0.39 is 10.8 Å². The van der Waals surface area contributed by atoms with E-state index in [0.717, 1.165) is 53.3 Å². The molecule has 3 aromatic rings. The van der Waals surface area contributed by atoms with Crippen molar-refractivity contribution in [3.8, 4) is 17.1 Å². The number of esters is 1. The number of anilines is 1. The molecule has 0 bridgehead atoms. The van der Waals surface area contributed by atoms with E-state index in [-0.39, 0.29) is 24.3 Å². The van der Waals surface area contributed by atoms with Crippen LogP contribution in [-0.4, -0.2) is 59.8 Å². The lowest BCUT2D eigenvalue weighted by Gasteiger charge is -2.31. The van der Waals surface area contributed by atoms with Crippen molar-refractivity contribution in [1.82, 2.24) is 4.90 Å². The summed E-state index contributed by atoms with van der Waals surface area (Å²) < 4.78 is 28.4. The SMILES string of the molecule is CCOC(=O)CCN(C)C(=O)c1ccc(NC(c2cc(-c3ccc(OCCCS(C)=O)cc3)oc2C)C2CCCCC2)cc1. The number of amides is 1. The maximum Gasteiger partial charge on any atom is 0.307 e. The van der Waals surface area contributed by atoms with Gasteiger partial charge in [0, 0.05) is 58.8 Å². The average molecular weight is 623 g/mol. The topological polar surface area (TPSA) is 98.1 Å². The molecule has 1 amide bonds. The van der Waals surface area contributed by atoms with E-state index in [1.807, 2.05) is 55.5 Å². The molecule has 9 heteroatoms. The number of aryl methyl sites for hydroxylation is 1. The smallest absolute Gasteiger partial charge is 0.307 e. The molecule has 2 aromatic carbocycles. The summed E-state index contributed by atoms with van der Waals surface area (Å²) in [4.78, 5) is 26.2. The third kappa shape index (κ3) is 9.45. The molecule has 1 aromatic heterocycles. The van der Waals surface area contributed by atoms with Crippen LogP contribution < -0.4 is 10.1 Å². The highest BCUT2D eigenvalue weighted by atomic mass is 32.2. The molecule has 0 spiro atoms. The minimum absolute atomic E-state index is 0.0772. The Morgan fingerprint density at radius 1 is 1.07 bits per heavy atom. The Morgan fingerprint density at radius 3 is 2.43 bits per heavy atom. The Hall–Kier alpha value is -3.59. The van der Waals surface area contributed by atoms with Crippen molar-refractivity contribution in [1.29, 1.82) is 0 Å². The first-order valence-electron chi connectivity index (χ1n) is 15.7. The predicted molar refractivity (Wildman–Crippen MR) is 176 cm³/mol. The molecule has 2 unspecified atom stereocenters. The lowest BCUT2D eigenvalue weighted by atomic mass is 9.81. The third-order valence-electron chi connectivity index (χ3n) is 8.15. The zero-order valence-electron chi connectivity index (χ0n) is 26.4. The van der Waals surface area contributed by atoms with Crippen LogP contribution in [0, 0.1) is 12.8 Å². The first kappa shape index (κ1) is 33.3. The second-order valence-corrected chi connectivity index (χ2v) is 13.1. The normalized spacial score (nSPS) is 14.9. The van der Waals surface area contributed by atoms with Gasteiger partial charge in [0.25, 0.3) is 5.91 Å². The van der Waals surface area contributed by atoms with Gasteiger partial charge in [-0.25, -0.2) is 0 Å². The van der Waals surface area contributed by atoms with Crippen molar-refractivity contribution >= 4 is 28.4 Å². The minimum Gasteiger partial charge on any atom is -0.494 e. The highest BCUT2D eigenvalue weighted by Gasteiger charge is 2.29. The van der Waals surface area contributed by atoms with E-state index in [0.29, 0.717) is 37.0 Å². The van der Waals surface area contributed by atoms with Gasteiger partial charge in [-0.05, 0) is 93.6 Å². The van der Waals surface area contributed by atoms with Gasteiger partial charge in [0.1, 0.15) is 17.3 Å². The highest BCUT2D eigenvalue weighted by molar-refractivity contribution is 7.84. The number of carbonyl (C=O) groups is 2. The molecule has 1 aliphatic rings. The van der Waals surface area contributed by atoms with Gasteiger partial charge in [0.2, 0.25) is 0 Å². The summed E-state index contributed by atoms with van der Waals surface area (Å²) in [7, 11) is 0.894. The molecule has 0 saturated heterocycles.